The van der Waals surface area contributed by atoms with E-state index in [4.69, 9.17) is 4.74 Å². The van der Waals surface area contributed by atoms with Crippen molar-refractivity contribution in [2.45, 2.75) is 36.7 Å². The average molecular weight is 484 g/mol. The molecule has 1 unspecified atom stereocenters. The molecule has 3 aliphatic rings. The van der Waals surface area contributed by atoms with Crippen LogP contribution in [0.1, 0.15) is 35.2 Å². The van der Waals surface area contributed by atoms with E-state index in [1.807, 2.05) is 24.3 Å². The summed E-state index contributed by atoms with van der Waals surface area (Å²) in [6.45, 7) is 2.76. The minimum Gasteiger partial charge on any atom is -0.368 e. The monoisotopic (exact) mass is 483 g/mol. The summed E-state index contributed by atoms with van der Waals surface area (Å²) in [5.41, 5.74) is 2.06. The number of hydrogen-bond donors (Lipinski definition) is 0. The summed E-state index contributed by atoms with van der Waals surface area (Å²) in [5, 5.41) is 0. The van der Waals surface area contributed by atoms with Gasteiger partial charge in [0.1, 0.15) is 6.10 Å². The maximum atomic E-state index is 13.5. The van der Waals surface area contributed by atoms with Crippen molar-refractivity contribution >= 4 is 27.5 Å². The van der Waals surface area contributed by atoms with Crippen LogP contribution in [0.15, 0.2) is 53.4 Å². The van der Waals surface area contributed by atoms with Crippen molar-refractivity contribution in [2.24, 2.45) is 0 Å². The lowest BCUT2D eigenvalue weighted by molar-refractivity contribution is -0.142. The van der Waals surface area contributed by atoms with Gasteiger partial charge in [0.15, 0.2) is 0 Å². The molecule has 0 N–H and O–H groups in total. The lowest BCUT2D eigenvalue weighted by Crippen LogP contribution is -2.52. The first-order valence-electron chi connectivity index (χ1n) is 11.9. The number of sulfonamides is 1. The third kappa shape index (κ3) is 4.30. The normalized spacial score (nSPS) is 20.8. The Kier molecular flexibility index (Phi) is 6.31. The Balaban J connectivity index is 1.30. The molecular weight excluding hydrogens is 454 g/mol. The van der Waals surface area contributed by atoms with Crippen LogP contribution in [0.2, 0.25) is 0 Å². The number of benzene rings is 2. The number of fused-ring (bicyclic) bond motifs is 1. The molecular formula is C25H29N3O5S. The van der Waals surface area contributed by atoms with Crippen molar-refractivity contribution in [3.05, 3.63) is 59.7 Å². The number of aryl methyl sites for hydroxylation is 1. The Morgan fingerprint density at radius 2 is 1.65 bits per heavy atom. The van der Waals surface area contributed by atoms with Crippen molar-refractivity contribution in [1.82, 2.24) is 9.80 Å². The molecule has 0 spiro atoms. The zero-order chi connectivity index (χ0) is 23.7. The van der Waals surface area contributed by atoms with E-state index in [1.165, 1.54) is 10.4 Å². The molecule has 2 aromatic carbocycles. The van der Waals surface area contributed by atoms with Gasteiger partial charge in [-0.1, -0.05) is 24.3 Å². The highest BCUT2D eigenvalue weighted by molar-refractivity contribution is 7.92. The van der Waals surface area contributed by atoms with Gasteiger partial charge in [-0.3, -0.25) is 13.9 Å². The van der Waals surface area contributed by atoms with E-state index in [9.17, 15) is 18.0 Å². The maximum Gasteiger partial charge on any atom is 0.264 e. The average Bonchev–Trinajstić information content (AvgIpc) is 3.43. The van der Waals surface area contributed by atoms with Gasteiger partial charge in [0.2, 0.25) is 0 Å². The Labute approximate surface area is 200 Å². The predicted octanol–water partition coefficient (Wildman–Crippen LogP) is 2.29. The summed E-state index contributed by atoms with van der Waals surface area (Å²) in [6.07, 6.45) is 2.90. The highest BCUT2D eigenvalue weighted by Crippen LogP contribution is 2.32. The number of rotatable bonds is 4. The lowest BCUT2D eigenvalue weighted by Gasteiger charge is -2.36. The molecule has 0 radical (unpaired) electrons. The summed E-state index contributed by atoms with van der Waals surface area (Å²) in [4.78, 5) is 29.3. The first kappa shape index (κ1) is 22.9. The van der Waals surface area contributed by atoms with Crippen molar-refractivity contribution in [3.63, 3.8) is 0 Å². The zero-order valence-corrected chi connectivity index (χ0v) is 19.9. The Morgan fingerprint density at radius 1 is 0.882 bits per heavy atom. The van der Waals surface area contributed by atoms with Crippen LogP contribution in [-0.2, 0) is 26.0 Å². The van der Waals surface area contributed by atoms with Gasteiger partial charge in [0.25, 0.3) is 21.8 Å². The van der Waals surface area contributed by atoms with E-state index in [0.29, 0.717) is 50.6 Å². The molecule has 0 aliphatic carbocycles. The molecule has 180 valence electrons. The molecule has 2 fully saturated rings. The van der Waals surface area contributed by atoms with Crippen molar-refractivity contribution in [3.8, 4) is 0 Å². The molecule has 1 atom stereocenters. The van der Waals surface area contributed by atoms with Crippen molar-refractivity contribution < 1.29 is 22.7 Å². The summed E-state index contributed by atoms with van der Waals surface area (Å²) < 4.78 is 33.9. The van der Waals surface area contributed by atoms with Crippen LogP contribution in [0.5, 0.6) is 0 Å². The topological polar surface area (TPSA) is 87.2 Å². The molecule has 0 bridgehead atoms. The fourth-order valence-electron chi connectivity index (χ4n) is 4.95. The molecule has 2 amide bonds. The van der Waals surface area contributed by atoms with Gasteiger partial charge >= 0.3 is 0 Å². The minimum atomic E-state index is -3.80. The predicted molar refractivity (Wildman–Crippen MR) is 127 cm³/mol. The van der Waals surface area contributed by atoms with Gasteiger partial charge in [0, 0.05) is 44.9 Å². The summed E-state index contributed by atoms with van der Waals surface area (Å²) in [5.74, 6) is -0.222. The molecule has 2 aromatic rings. The lowest BCUT2D eigenvalue weighted by atomic mass is 10.0. The zero-order valence-electron chi connectivity index (χ0n) is 19.1. The van der Waals surface area contributed by atoms with Gasteiger partial charge in [-0.2, -0.15) is 0 Å². The van der Waals surface area contributed by atoms with Crippen LogP contribution in [0.3, 0.4) is 0 Å². The number of piperazine rings is 1. The number of hydrogen-bond acceptors (Lipinski definition) is 5. The molecule has 3 heterocycles. The second-order valence-electron chi connectivity index (χ2n) is 8.96. The summed E-state index contributed by atoms with van der Waals surface area (Å²) in [6, 6.07) is 13.8. The maximum absolute atomic E-state index is 13.5. The fraction of sp³-hybridized carbons (Fsp3) is 0.440. The standard InChI is InChI=1S/C25H29N3O5S/c29-24(26-13-15-27(16-14-26)25(30)23-11-5-17-33-23)20-7-3-9-21(18-20)34(31,32)28-12-4-8-19-6-1-2-10-22(19)28/h1-3,6-7,9-10,18,23H,4-5,8,11-17H2. The first-order chi connectivity index (χ1) is 16.4. The number of nitrogens with zero attached hydrogens (tertiary/aromatic N) is 3. The second-order valence-corrected chi connectivity index (χ2v) is 10.8. The number of ether oxygens (including phenoxy) is 1. The van der Waals surface area contributed by atoms with E-state index < -0.39 is 10.0 Å². The third-order valence-electron chi connectivity index (χ3n) is 6.82. The van der Waals surface area contributed by atoms with Crippen molar-refractivity contribution in [2.75, 3.05) is 43.6 Å². The summed E-state index contributed by atoms with van der Waals surface area (Å²) in [7, 11) is -3.80. The van der Waals surface area contributed by atoms with Crippen LogP contribution < -0.4 is 4.31 Å². The minimum absolute atomic E-state index is 0.000461. The van der Waals surface area contributed by atoms with Crippen molar-refractivity contribution in [1.29, 1.82) is 0 Å². The number of anilines is 1. The molecule has 3 aliphatic heterocycles. The van der Waals surface area contributed by atoms with Crippen LogP contribution in [0, 0.1) is 0 Å². The quantitative estimate of drug-likeness (QED) is 0.666. The number of carbonyl (C=O) groups is 2. The molecule has 34 heavy (non-hydrogen) atoms. The van der Waals surface area contributed by atoms with Crippen LogP contribution >= 0.6 is 0 Å². The molecule has 2 saturated heterocycles. The summed E-state index contributed by atoms with van der Waals surface area (Å²) >= 11 is 0. The fourth-order valence-corrected chi connectivity index (χ4v) is 6.54. The highest BCUT2D eigenvalue weighted by atomic mass is 32.2. The Morgan fingerprint density at radius 3 is 2.41 bits per heavy atom. The van der Waals surface area contributed by atoms with Gasteiger partial charge in [0.05, 0.1) is 10.6 Å². The Hall–Kier alpha value is -2.91. The van der Waals surface area contributed by atoms with Crippen LogP contribution in [-0.4, -0.2) is 75.5 Å². The molecule has 8 nitrogen and oxygen atoms in total. The Bertz CT molecular complexity index is 1180. The van der Waals surface area contributed by atoms with E-state index in [2.05, 4.69) is 0 Å². The van der Waals surface area contributed by atoms with Crippen LogP contribution in [0.4, 0.5) is 5.69 Å². The van der Waals surface area contributed by atoms with E-state index in [0.717, 1.165) is 31.2 Å². The third-order valence-corrected chi connectivity index (χ3v) is 8.63. The molecule has 9 heteroatoms. The van der Waals surface area contributed by atoms with Gasteiger partial charge in [-0.15, -0.1) is 0 Å². The molecule has 0 saturated carbocycles. The largest absolute Gasteiger partial charge is 0.368 e. The smallest absolute Gasteiger partial charge is 0.264 e. The highest BCUT2D eigenvalue weighted by Gasteiger charge is 2.33. The van der Waals surface area contributed by atoms with E-state index in [-0.39, 0.29) is 22.8 Å². The molecule has 5 rings (SSSR count). The van der Waals surface area contributed by atoms with Crippen LogP contribution in [0.25, 0.3) is 0 Å². The van der Waals surface area contributed by atoms with E-state index in [1.54, 1.807) is 28.0 Å². The van der Waals surface area contributed by atoms with E-state index >= 15 is 0 Å². The number of para-hydroxylation sites is 1. The number of amides is 2. The first-order valence-corrected chi connectivity index (χ1v) is 13.3. The second kappa shape index (κ2) is 9.38. The SMILES string of the molecule is O=C(c1cccc(S(=O)(=O)N2CCCc3ccccc32)c1)N1CCN(C(=O)C2CCCO2)CC1. The van der Waals surface area contributed by atoms with Gasteiger partial charge < -0.3 is 14.5 Å². The van der Waals surface area contributed by atoms with Gasteiger partial charge in [-0.25, -0.2) is 8.42 Å². The van der Waals surface area contributed by atoms with Gasteiger partial charge in [-0.05, 0) is 55.5 Å². The molecule has 0 aromatic heterocycles. The number of carbonyl (C=O) groups excluding carboxylic acids is 2.